The first-order valence-electron chi connectivity index (χ1n) is 9.02. The van der Waals surface area contributed by atoms with Gasteiger partial charge in [-0.05, 0) is 49.4 Å². The summed E-state index contributed by atoms with van der Waals surface area (Å²) in [6, 6.07) is 12.9. The van der Waals surface area contributed by atoms with E-state index in [0.717, 1.165) is 0 Å². The Morgan fingerprint density at radius 1 is 1.04 bits per heavy atom. The zero-order chi connectivity index (χ0) is 19.9. The Kier molecular flexibility index (Phi) is 6.32. The predicted molar refractivity (Wildman–Crippen MR) is 103 cm³/mol. The number of nitrogens with zero attached hydrogens (tertiary/aromatic N) is 1. The highest BCUT2D eigenvalue weighted by Gasteiger charge is 2.12. The summed E-state index contributed by atoms with van der Waals surface area (Å²) < 4.78 is 24.4. The number of carbonyl (C=O) groups excluding carboxylic acids is 2. The molecule has 1 heterocycles. The fourth-order valence-corrected chi connectivity index (χ4v) is 2.81. The van der Waals surface area contributed by atoms with Gasteiger partial charge < -0.3 is 9.47 Å². The van der Waals surface area contributed by atoms with Crippen molar-refractivity contribution in [3.63, 3.8) is 0 Å². The third-order valence-corrected chi connectivity index (χ3v) is 4.23. The quantitative estimate of drug-likeness (QED) is 0.425. The first-order chi connectivity index (χ1) is 13.6. The van der Waals surface area contributed by atoms with Crippen molar-refractivity contribution in [3.8, 4) is 5.75 Å². The van der Waals surface area contributed by atoms with Gasteiger partial charge in [0.05, 0.1) is 18.5 Å². The molecule has 1 aromatic heterocycles. The number of aromatic nitrogens is 1. The maximum Gasteiger partial charge on any atom is 0.306 e. The first-order valence-corrected chi connectivity index (χ1v) is 9.02. The third-order valence-electron chi connectivity index (χ3n) is 4.23. The van der Waals surface area contributed by atoms with Crippen LogP contribution in [0.25, 0.3) is 10.9 Å². The van der Waals surface area contributed by atoms with E-state index < -0.39 is 5.97 Å². The van der Waals surface area contributed by atoms with E-state index in [-0.39, 0.29) is 31.0 Å². The number of hydrogen-bond donors (Lipinski definition) is 0. The van der Waals surface area contributed by atoms with E-state index in [2.05, 4.69) is 4.98 Å². The first kappa shape index (κ1) is 19.5. The summed E-state index contributed by atoms with van der Waals surface area (Å²) in [6.07, 6.45) is 1.58. The maximum atomic E-state index is 13.8. The number of halogens is 1. The lowest BCUT2D eigenvalue weighted by Crippen LogP contribution is -2.09. The molecule has 0 saturated heterocycles. The van der Waals surface area contributed by atoms with E-state index in [1.54, 1.807) is 48.7 Å². The van der Waals surface area contributed by atoms with Gasteiger partial charge in [-0.3, -0.25) is 14.6 Å². The normalized spacial score (nSPS) is 10.6. The lowest BCUT2D eigenvalue weighted by atomic mass is 10.1. The number of esters is 1. The van der Waals surface area contributed by atoms with Crippen LogP contribution in [0, 0.1) is 5.82 Å². The number of fused-ring (bicyclic) bond motifs is 1. The van der Waals surface area contributed by atoms with Crippen molar-refractivity contribution in [1.82, 2.24) is 4.98 Å². The van der Waals surface area contributed by atoms with Gasteiger partial charge in [0.2, 0.25) is 0 Å². The molecule has 0 amide bonds. The summed E-state index contributed by atoms with van der Waals surface area (Å²) in [6.45, 7) is 2.41. The number of hydrogen-bond acceptors (Lipinski definition) is 5. The van der Waals surface area contributed by atoms with Gasteiger partial charge in [0.1, 0.15) is 18.2 Å². The summed E-state index contributed by atoms with van der Waals surface area (Å²) in [5, 5.41) is 0.377. The van der Waals surface area contributed by atoms with Crippen molar-refractivity contribution in [2.45, 2.75) is 26.4 Å². The van der Waals surface area contributed by atoms with Crippen molar-refractivity contribution in [2.75, 3.05) is 6.61 Å². The van der Waals surface area contributed by atoms with E-state index in [0.29, 0.717) is 34.4 Å². The molecule has 0 aliphatic heterocycles. The highest BCUT2D eigenvalue weighted by atomic mass is 19.1. The van der Waals surface area contributed by atoms with Crippen molar-refractivity contribution in [2.24, 2.45) is 0 Å². The van der Waals surface area contributed by atoms with Crippen LogP contribution in [0.2, 0.25) is 0 Å². The minimum absolute atomic E-state index is 0.0239. The van der Waals surface area contributed by atoms with Gasteiger partial charge in [0.25, 0.3) is 0 Å². The Morgan fingerprint density at radius 2 is 1.82 bits per heavy atom. The molecule has 0 atom stereocenters. The van der Waals surface area contributed by atoms with Gasteiger partial charge in [-0.2, -0.15) is 0 Å². The fraction of sp³-hybridized carbons (Fsp3) is 0.227. The van der Waals surface area contributed by atoms with Crippen molar-refractivity contribution >= 4 is 22.7 Å². The molecular formula is C22H20FNO4. The van der Waals surface area contributed by atoms with Crippen LogP contribution in [0.5, 0.6) is 5.75 Å². The Hall–Kier alpha value is -3.28. The monoisotopic (exact) mass is 381 g/mol. The van der Waals surface area contributed by atoms with Crippen LogP contribution >= 0.6 is 0 Å². The average molecular weight is 381 g/mol. The van der Waals surface area contributed by atoms with Crippen LogP contribution in [0.15, 0.2) is 54.7 Å². The molecule has 28 heavy (non-hydrogen) atoms. The smallest absolute Gasteiger partial charge is 0.306 e. The summed E-state index contributed by atoms with van der Waals surface area (Å²) >= 11 is 0. The summed E-state index contributed by atoms with van der Waals surface area (Å²) in [5.41, 5.74) is 1.59. The summed E-state index contributed by atoms with van der Waals surface area (Å²) in [4.78, 5) is 28.4. The van der Waals surface area contributed by atoms with Crippen LogP contribution in [0.1, 0.15) is 35.7 Å². The van der Waals surface area contributed by atoms with Crippen molar-refractivity contribution in [3.05, 3.63) is 71.7 Å². The molecule has 0 unspecified atom stereocenters. The van der Waals surface area contributed by atoms with Gasteiger partial charge >= 0.3 is 5.97 Å². The zero-order valence-corrected chi connectivity index (χ0v) is 15.5. The van der Waals surface area contributed by atoms with Gasteiger partial charge in [0, 0.05) is 29.1 Å². The van der Waals surface area contributed by atoms with Crippen LogP contribution in [-0.2, 0) is 16.1 Å². The zero-order valence-electron chi connectivity index (χ0n) is 15.5. The number of pyridine rings is 1. The number of ether oxygens (including phenoxy) is 2. The SMILES string of the molecule is CCOc1ccc(C(=O)CCC(=O)OCc2ccc(F)c3cccnc23)cc1. The Labute approximate surface area is 162 Å². The molecule has 6 heteroatoms. The summed E-state index contributed by atoms with van der Waals surface area (Å²) in [7, 11) is 0. The molecule has 0 saturated carbocycles. The standard InChI is InChI=1S/C22H20FNO4/c1-2-27-17-8-5-15(6-9-17)20(25)11-12-21(26)28-14-16-7-10-19(23)18-4-3-13-24-22(16)18/h3-10,13H,2,11-12,14H2,1H3. The number of rotatable bonds is 8. The van der Waals surface area contributed by atoms with Gasteiger partial charge in [0.15, 0.2) is 5.78 Å². The minimum atomic E-state index is -0.493. The second kappa shape index (κ2) is 9.08. The molecule has 144 valence electrons. The molecule has 0 spiro atoms. The average Bonchev–Trinajstić information content (AvgIpc) is 2.72. The van der Waals surface area contributed by atoms with Crippen molar-refractivity contribution in [1.29, 1.82) is 0 Å². The molecule has 0 N–H and O–H groups in total. The largest absolute Gasteiger partial charge is 0.494 e. The van der Waals surface area contributed by atoms with E-state index in [9.17, 15) is 14.0 Å². The molecule has 5 nitrogen and oxygen atoms in total. The van der Waals surface area contributed by atoms with E-state index >= 15 is 0 Å². The number of carbonyl (C=O) groups is 2. The second-order valence-electron chi connectivity index (χ2n) is 6.15. The highest BCUT2D eigenvalue weighted by Crippen LogP contribution is 2.20. The fourth-order valence-electron chi connectivity index (χ4n) is 2.81. The van der Waals surface area contributed by atoms with Crippen molar-refractivity contribution < 1.29 is 23.5 Å². The number of Topliss-reactive ketones (excluding diaryl/α,β-unsaturated/α-hetero) is 1. The summed E-state index contributed by atoms with van der Waals surface area (Å²) in [5.74, 6) is -0.320. The predicted octanol–water partition coefficient (Wildman–Crippen LogP) is 4.48. The minimum Gasteiger partial charge on any atom is -0.494 e. The Bertz CT molecular complexity index is 985. The number of ketones is 1. The third kappa shape index (κ3) is 4.71. The lowest BCUT2D eigenvalue weighted by molar-refractivity contribution is -0.144. The van der Waals surface area contributed by atoms with Gasteiger partial charge in [-0.25, -0.2) is 4.39 Å². The Balaban J connectivity index is 1.54. The van der Waals surface area contributed by atoms with Gasteiger partial charge in [-0.1, -0.05) is 6.07 Å². The number of benzene rings is 2. The van der Waals surface area contributed by atoms with Crippen LogP contribution in [-0.4, -0.2) is 23.3 Å². The molecule has 3 rings (SSSR count). The molecule has 0 aliphatic rings. The molecule has 0 fully saturated rings. The van der Waals surface area contributed by atoms with E-state index in [4.69, 9.17) is 9.47 Å². The second-order valence-corrected chi connectivity index (χ2v) is 6.15. The van der Waals surface area contributed by atoms with Gasteiger partial charge in [-0.15, -0.1) is 0 Å². The maximum absolute atomic E-state index is 13.8. The van der Waals surface area contributed by atoms with Crippen LogP contribution < -0.4 is 4.74 Å². The highest BCUT2D eigenvalue weighted by molar-refractivity contribution is 5.97. The molecule has 0 aliphatic carbocycles. The molecule has 3 aromatic rings. The topological polar surface area (TPSA) is 65.5 Å². The lowest BCUT2D eigenvalue weighted by Gasteiger charge is -2.08. The van der Waals surface area contributed by atoms with E-state index in [1.165, 1.54) is 6.07 Å². The molecule has 0 bridgehead atoms. The molecule has 2 aromatic carbocycles. The Morgan fingerprint density at radius 3 is 2.57 bits per heavy atom. The van der Waals surface area contributed by atoms with E-state index in [1.807, 2.05) is 6.92 Å². The van der Waals surface area contributed by atoms with Crippen LogP contribution in [0.3, 0.4) is 0 Å². The molecule has 0 radical (unpaired) electrons. The van der Waals surface area contributed by atoms with Crippen LogP contribution in [0.4, 0.5) is 4.39 Å². The molecular weight excluding hydrogens is 361 g/mol.